The maximum Gasteiger partial charge on any atom is 0.330 e. The molecule has 1 aliphatic rings. The van der Waals surface area contributed by atoms with Crippen LogP contribution in [0.25, 0.3) is 0 Å². The Morgan fingerprint density at radius 3 is 2.42 bits per heavy atom. The van der Waals surface area contributed by atoms with Crippen LogP contribution in [0.4, 0.5) is 0 Å². The van der Waals surface area contributed by atoms with Gasteiger partial charge in [-0.05, 0) is 31.7 Å². The van der Waals surface area contributed by atoms with Gasteiger partial charge in [-0.3, -0.25) is 9.69 Å². The van der Waals surface area contributed by atoms with Gasteiger partial charge in [0.15, 0.2) is 6.04 Å². The Labute approximate surface area is 155 Å². The maximum absolute atomic E-state index is 12.7. The van der Waals surface area contributed by atoms with E-state index in [1.807, 2.05) is 20.8 Å². The highest BCUT2D eigenvalue weighted by molar-refractivity contribution is 5.73. The summed E-state index contributed by atoms with van der Waals surface area (Å²) in [6.07, 6.45) is 1.57. The molecule has 0 aromatic carbocycles. The normalized spacial score (nSPS) is 16.6. The Balaban J connectivity index is 2.27. The van der Waals surface area contributed by atoms with Gasteiger partial charge in [0.25, 0.3) is 5.56 Å². The van der Waals surface area contributed by atoms with Crippen LogP contribution in [0.1, 0.15) is 43.1 Å². The monoisotopic (exact) mass is 365 g/mol. The van der Waals surface area contributed by atoms with Crippen molar-refractivity contribution in [3.63, 3.8) is 0 Å². The van der Waals surface area contributed by atoms with Gasteiger partial charge >= 0.3 is 5.97 Å². The topological polar surface area (TPSA) is 73.7 Å². The van der Waals surface area contributed by atoms with Crippen LogP contribution < -0.4 is 5.56 Å². The lowest BCUT2D eigenvalue weighted by molar-refractivity contribution is -0.145. The van der Waals surface area contributed by atoms with E-state index in [1.54, 1.807) is 14.0 Å². The van der Waals surface area contributed by atoms with Gasteiger partial charge in [-0.15, -0.1) is 0 Å². The second-order valence-electron chi connectivity index (χ2n) is 7.48. The molecule has 7 nitrogen and oxygen atoms in total. The highest BCUT2D eigenvalue weighted by Crippen LogP contribution is 2.19. The number of esters is 1. The Bertz CT molecular complexity index is 693. The summed E-state index contributed by atoms with van der Waals surface area (Å²) >= 11 is 0. The van der Waals surface area contributed by atoms with Crippen molar-refractivity contribution in [3.8, 4) is 0 Å². The number of carbonyl (C=O) groups is 1. The van der Waals surface area contributed by atoms with Gasteiger partial charge in [0.1, 0.15) is 0 Å². The third-order valence-electron chi connectivity index (χ3n) is 5.14. The van der Waals surface area contributed by atoms with E-state index in [0.717, 1.165) is 37.3 Å². The fourth-order valence-corrected chi connectivity index (χ4v) is 3.24. The maximum atomic E-state index is 12.7. The first-order valence-electron chi connectivity index (χ1n) is 9.20. The van der Waals surface area contributed by atoms with Gasteiger partial charge in [-0.2, -0.15) is 5.10 Å². The average Bonchev–Trinajstić information content (AvgIpc) is 2.57. The molecule has 1 saturated heterocycles. The number of likely N-dealkylation sites (tertiary alicyclic amines) is 1. The van der Waals surface area contributed by atoms with Crippen LogP contribution >= 0.6 is 0 Å². The second-order valence-corrected chi connectivity index (χ2v) is 7.48. The summed E-state index contributed by atoms with van der Waals surface area (Å²) in [6.45, 7) is 10.5. The number of methoxy groups -OCH3 is 2. The molecule has 0 spiro atoms. The smallest absolute Gasteiger partial charge is 0.330 e. The number of ether oxygens (including phenoxy) is 2. The zero-order valence-electron chi connectivity index (χ0n) is 16.7. The lowest BCUT2D eigenvalue weighted by Gasteiger charge is -2.38. The molecule has 2 rings (SSSR count). The molecule has 1 atom stereocenters. The van der Waals surface area contributed by atoms with Crippen LogP contribution in [0.3, 0.4) is 0 Å². The fourth-order valence-electron chi connectivity index (χ4n) is 3.24. The van der Waals surface area contributed by atoms with Gasteiger partial charge in [0.05, 0.1) is 18.9 Å². The minimum Gasteiger partial charge on any atom is -0.467 e. The number of nitrogens with zero attached hydrogens (tertiary/aromatic N) is 3. The molecule has 0 radical (unpaired) electrons. The SMILES string of the molecule is COC(=O)C(CC(C)C)n1nc(CCN2CC(OC)C2)c(C)c(C)c1=O. The standard InChI is InChI=1S/C19H31N3O4/c1-12(2)9-17(19(24)26-6)22-18(23)14(4)13(3)16(20-22)7-8-21-10-15(11-21)25-5/h12,15,17H,7-11H2,1-6H3. The summed E-state index contributed by atoms with van der Waals surface area (Å²) < 4.78 is 11.6. The minimum atomic E-state index is -0.688. The first kappa shape index (κ1) is 20.6. The van der Waals surface area contributed by atoms with E-state index in [1.165, 1.54) is 11.8 Å². The van der Waals surface area contributed by atoms with Crippen LogP contribution in [0, 0.1) is 19.8 Å². The summed E-state index contributed by atoms with van der Waals surface area (Å²) in [5, 5.41) is 4.57. The van der Waals surface area contributed by atoms with Crippen molar-refractivity contribution < 1.29 is 14.3 Å². The van der Waals surface area contributed by atoms with Crippen molar-refractivity contribution in [3.05, 3.63) is 27.2 Å². The molecule has 7 heteroatoms. The predicted octanol–water partition coefficient (Wildman–Crippen LogP) is 1.49. The number of hydrogen-bond donors (Lipinski definition) is 0. The minimum absolute atomic E-state index is 0.217. The Kier molecular flexibility index (Phi) is 6.94. The summed E-state index contributed by atoms with van der Waals surface area (Å²) in [6, 6.07) is -0.688. The van der Waals surface area contributed by atoms with Crippen LogP contribution in [-0.4, -0.2) is 60.6 Å². The lowest BCUT2D eigenvalue weighted by atomic mass is 10.0. The van der Waals surface area contributed by atoms with Crippen molar-refractivity contribution in [2.75, 3.05) is 33.9 Å². The zero-order chi connectivity index (χ0) is 19.4. The molecule has 146 valence electrons. The van der Waals surface area contributed by atoms with E-state index in [0.29, 0.717) is 18.1 Å². The van der Waals surface area contributed by atoms with E-state index in [-0.39, 0.29) is 11.5 Å². The third-order valence-corrected chi connectivity index (χ3v) is 5.14. The first-order chi connectivity index (χ1) is 12.3. The van der Waals surface area contributed by atoms with Crippen LogP contribution in [0.2, 0.25) is 0 Å². The molecular formula is C19H31N3O4. The summed E-state index contributed by atoms with van der Waals surface area (Å²) in [5.41, 5.74) is 2.19. The van der Waals surface area contributed by atoms with E-state index in [2.05, 4.69) is 10.00 Å². The van der Waals surface area contributed by atoms with Gasteiger partial charge < -0.3 is 9.47 Å². The number of carbonyl (C=O) groups excluding carboxylic acids is 1. The van der Waals surface area contributed by atoms with Crippen molar-refractivity contribution in [2.24, 2.45) is 5.92 Å². The molecule has 1 aliphatic heterocycles. The quantitative estimate of drug-likeness (QED) is 0.650. The average molecular weight is 365 g/mol. The number of rotatable bonds is 8. The highest BCUT2D eigenvalue weighted by atomic mass is 16.5. The van der Waals surface area contributed by atoms with Crippen molar-refractivity contribution >= 4 is 5.97 Å². The molecule has 1 aromatic heterocycles. The Hall–Kier alpha value is -1.73. The van der Waals surface area contributed by atoms with Crippen molar-refractivity contribution in [1.82, 2.24) is 14.7 Å². The van der Waals surface area contributed by atoms with Crippen molar-refractivity contribution in [1.29, 1.82) is 0 Å². The van der Waals surface area contributed by atoms with Crippen LogP contribution in [-0.2, 0) is 20.7 Å². The number of aromatic nitrogens is 2. The molecule has 0 bridgehead atoms. The van der Waals surface area contributed by atoms with Gasteiger partial charge in [0.2, 0.25) is 0 Å². The van der Waals surface area contributed by atoms with E-state index in [9.17, 15) is 9.59 Å². The molecule has 0 amide bonds. The van der Waals surface area contributed by atoms with Crippen LogP contribution in [0.15, 0.2) is 4.79 Å². The zero-order valence-corrected chi connectivity index (χ0v) is 16.7. The van der Waals surface area contributed by atoms with E-state index >= 15 is 0 Å². The Morgan fingerprint density at radius 1 is 1.23 bits per heavy atom. The molecule has 0 saturated carbocycles. The van der Waals surface area contributed by atoms with Gasteiger partial charge in [0, 0.05) is 38.7 Å². The molecule has 1 unspecified atom stereocenters. The molecule has 2 heterocycles. The van der Waals surface area contributed by atoms with Crippen molar-refractivity contribution in [2.45, 2.75) is 52.7 Å². The van der Waals surface area contributed by atoms with E-state index in [4.69, 9.17) is 9.47 Å². The van der Waals surface area contributed by atoms with Gasteiger partial charge in [-0.25, -0.2) is 9.48 Å². The first-order valence-corrected chi connectivity index (χ1v) is 9.20. The third kappa shape index (κ3) is 4.51. The lowest BCUT2D eigenvalue weighted by Crippen LogP contribution is -2.52. The number of hydrogen-bond acceptors (Lipinski definition) is 6. The summed E-state index contributed by atoms with van der Waals surface area (Å²) in [7, 11) is 3.08. The van der Waals surface area contributed by atoms with Crippen LogP contribution in [0.5, 0.6) is 0 Å². The van der Waals surface area contributed by atoms with E-state index < -0.39 is 12.0 Å². The molecule has 26 heavy (non-hydrogen) atoms. The fraction of sp³-hybridized carbons (Fsp3) is 0.737. The molecular weight excluding hydrogens is 334 g/mol. The summed E-state index contributed by atoms with van der Waals surface area (Å²) in [4.78, 5) is 27.3. The summed E-state index contributed by atoms with van der Waals surface area (Å²) in [5.74, 6) is -0.182. The highest BCUT2D eigenvalue weighted by Gasteiger charge is 2.28. The Morgan fingerprint density at radius 2 is 1.88 bits per heavy atom. The molecule has 0 aliphatic carbocycles. The molecule has 0 N–H and O–H groups in total. The molecule has 1 fully saturated rings. The molecule has 1 aromatic rings. The second kappa shape index (κ2) is 8.77. The predicted molar refractivity (Wildman–Crippen MR) is 99.4 cm³/mol. The largest absolute Gasteiger partial charge is 0.467 e. The van der Waals surface area contributed by atoms with Gasteiger partial charge in [-0.1, -0.05) is 13.8 Å².